The molecule has 0 aliphatic rings. The number of aliphatic carboxylic acids is 1. The Morgan fingerprint density at radius 2 is 2.00 bits per heavy atom. The third kappa shape index (κ3) is 4.97. The smallest absolute Gasteiger partial charge is 0.306 e. The SMILES string of the molecule is COC(=O)CCN[C@@H](CC(=O)O)c1ccccc1. The maximum atomic E-state index is 11.0. The van der Waals surface area contributed by atoms with Crippen LogP contribution in [0.15, 0.2) is 30.3 Å². The van der Waals surface area contributed by atoms with Crippen LogP contribution in [0.2, 0.25) is 0 Å². The van der Waals surface area contributed by atoms with Crippen LogP contribution in [-0.4, -0.2) is 30.7 Å². The molecule has 0 fully saturated rings. The molecule has 1 rings (SSSR count). The highest BCUT2D eigenvalue weighted by atomic mass is 16.5. The first kappa shape index (κ1) is 14.2. The van der Waals surface area contributed by atoms with Crippen molar-refractivity contribution in [1.29, 1.82) is 0 Å². The predicted molar refractivity (Wildman–Crippen MR) is 66.1 cm³/mol. The van der Waals surface area contributed by atoms with Crippen LogP contribution in [0.3, 0.4) is 0 Å². The molecule has 98 valence electrons. The summed E-state index contributed by atoms with van der Waals surface area (Å²) in [5.74, 6) is -1.20. The molecule has 1 atom stereocenters. The Hall–Kier alpha value is -1.88. The van der Waals surface area contributed by atoms with Gasteiger partial charge in [0.2, 0.25) is 0 Å². The summed E-state index contributed by atoms with van der Waals surface area (Å²) in [5.41, 5.74) is 0.893. The second-order valence-electron chi connectivity index (χ2n) is 3.84. The minimum Gasteiger partial charge on any atom is -0.481 e. The number of nitrogens with one attached hydrogen (secondary N) is 1. The van der Waals surface area contributed by atoms with Gasteiger partial charge in [0.05, 0.1) is 20.0 Å². The highest BCUT2D eigenvalue weighted by Crippen LogP contribution is 2.16. The summed E-state index contributed by atoms with van der Waals surface area (Å²) < 4.78 is 4.52. The maximum Gasteiger partial charge on any atom is 0.306 e. The zero-order valence-electron chi connectivity index (χ0n) is 10.3. The minimum absolute atomic E-state index is 0.0226. The fourth-order valence-electron chi connectivity index (χ4n) is 1.62. The Morgan fingerprint density at radius 3 is 2.56 bits per heavy atom. The van der Waals surface area contributed by atoms with E-state index in [0.717, 1.165) is 5.56 Å². The van der Waals surface area contributed by atoms with Crippen molar-refractivity contribution >= 4 is 11.9 Å². The van der Waals surface area contributed by atoms with Gasteiger partial charge in [0.25, 0.3) is 0 Å². The van der Waals surface area contributed by atoms with Gasteiger partial charge in [-0.2, -0.15) is 0 Å². The number of hydrogen-bond donors (Lipinski definition) is 2. The molecule has 5 nitrogen and oxygen atoms in total. The second kappa shape index (κ2) is 7.45. The van der Waals surface area contributed by atoms with Crippen LogP contribution in [0.4, 0.5) is 0 Å². The van der Waals surface area contributed by atoms with Crippen LogP contribution in [0.5, 0.6) is 0 Å². The van der Waals surface area contributed by atoms with Crippen molar-refractivity contribution in [2.24, 2.45) is 0 Å². The van der Waals surface area contributed by atoms with E-state index < -0.39 is 5.97 Å². The largest absolute Gasteiger partial charge is 0.481 e. The minimum atomic E-state index is -0.880. The molecule has 0 spiro atoms. The summed E-state index contributed by atoms with van der Waals surface area (Å²) in [7, 11) is 1.33. The van der Waals surface area contributed by atoms with Gasteiger partial charge in [0.1, 0.15) is 0 Å². The Bertz CT molecular complexity index is 391. The van der Waals surface area contributed by atoms with Gasteiger partial charge in [0, 0.05) is 12.6 Å². The summed E-state index contributed by atoms with van der Waals surface area (Å²) in [4.78, 5) is 21.8. The summed E-state index contributed by atoms with van der Waals surface area (Å²) >= 11 is 0. The van der Waals surface area contributed by atoms with E-state index in [1.165, 1.54) is 7.11 Å². The number of rotatable bonds is 7. The van der Waals surface area contributed by atoms with E-state index >= 15 is 0 Å². The van der Waals surface area contributed by atoms with Gasteiger partial charge >= 0.3 is 11.9 Å². The van der Waals surface area contributed by atoms with Crippen molar-refractivity contribution in [3.8, 4) is 0 Å². The lowest BCUT2D eigenvalue weighted by Crippen LogP contribution is -2.26. The van der Waals surface area contributed by atoms with Crippen molar-refractivity contribution < 1.29 is 19.4 Å². The number of methoxy groups -OCH3 is 1. The Morgan fingerprint density at radius 1 is 1.33 bits per heavy atom. The highest BCUT2D eigenvalue weighted by molar-refractivity contribution is 5.69. The summed E-state index contributed by atoms with van der Waals surface area (Å²) in [5, 5.41) is 11.9. The van der Waals surface area contributed by atoms with E-state index in [9.17, 15) is 9.59 Å². The van der Waals surface area contributed by atoms with Crippen LogP contribution in [0.25, 0.3) is 0 Å². The number of hydrogen-bond acceptors (Lipinski definition) is 4. The van der Waals surface area contributed by atoms with Gasteiger partial charge in [-0.1, -0.05) is 30.3 Å². The lowest BCUT2D eigenvalue weighted by molar-refractivity contribution is -0.140. The number of esters is 1. The number of carbonyl (C=O) groups is 2. The van der Waals surface area contributed by atoms with E-state index in [1.807, 2.05) is 30.3 Å². The molecule has 1 aromatic carbocycles. The van der Waals surface area contributed by atoms with E-state index in [4.69, 9.17) is 5.11 Å². The topological polar surface area (TPSA) is 75.6 Å². The predicted octanol–water partition coefficient (Wildman–Crippen LogP) is 1.36. The fourth-order valence-corrected chi connectivity index (χ4v) is 1.62. The Kier molecular flexibility index (Phi) is 5.87. The number of ether oxygens (including phenoxy) is 1. The quantitative estimate of drug-likeness (QED) is 0.715. The summed E-state index contributed by atoms with van der Waals surface area (Å²) in [6, 6.07) is 9.00. The van der Waals surface area contributed by atoms with Crippen LogP contribution in [0.1, 0.15) is 24.4 Å². The number of carbonyl (C=O) groups excluding carboxylic acids is 1. The van der Waals surface area contributed by atoms with Crippen molar-refractivity contribution in [3.05, 3.63) is 35.9 Å². The van der Waals surface area contributed by atoms with E-state index in [1.54, 1.807) is 0 Å². The molecule has 18 heavy (non-hydrogen) atoms. The maximum absolute atomic E-state index is 11.0. The van der Waals surface area contributed by atoms with Gasteiger partial charge < -0.3 is 15.2 Å². The third-order valence-electron chi connectivity index (χ3n) is 2.53. The average Bonchev–Trinajstić information content (AvgIpc) is 2.38. The van der Waals surface area contributed by atoms with Crippen LogP contribution >= 0.6 is 0 Å². The molecule has 0 aliphatic carbocycles. The zero-order valence-corrected chi connectivity index (χ0v) is 10.3. The van der Waals surface area contributed by atoms with Gasteiger partial charge in [-0.3, -0.25) is 9.59 Å². The van der Waals surface area contributed by atoms with Crippen molar-refractivity contribution in [2.75, 3.05) is 13.7 Å². The Labute approximate surface area is 106 Å². The molecule has 5 heteroatoms. The molecule has 0 saturated heterocycles. The van der Waals surface area contributed by atoms with Gasteiger partial charge in [-0.05, 0) is 5.56 Å². The molecule has 0 bridgehead atoms. The molecule has 0 unspecified atom stereocenters. The van der Waals surface area contributed by atoms with Crippen molar-refractivity contribution in [1.82, 2.24) is 5.32 Å². The summed E-state index contributed by atoms with van der Waals surface area (Å²) in [6.07, 6.45) is 0.199. The van der Waals surface area contributed by atoms with Gasteiger partial charge in [-0.25, -0.2) is 0 Å². The van der Waals surface area contributed by atoms with Crippen LogP contribution in [0, 0.1) is 0 Å². The highest BCUT2D eigenvalue weighted by Gasteiger charge is 2.15. The molecule has 1 aromatic rings. The molecule has 2 N–H and O–H groups in total. The monoisotopic (exact) mass is 251 g/mol. The normalized spacial score (nSPS) is 11.8. The molecule has 0 aliphatic heterocycles. The first-order valence-corrected chi connectivity index (χ1v) is 5.70. The number of carboxylic acids is 1. The average molecular weight is 251 g/mol. The molecule has 0 radical (unpaired) electrons. The number of carboxylic acid groups (broad SMARTS) is 1. The molecule has 0 heterocycles. The Balaban J connectivity index is 2.57. The lowest BCUT2D eigenvalue weighted by atomic mass is 10.0. The van der Waals surface area contributed by atoms with Crippen molar-refractivity contribution in [2.45, 2.75) is 18.9 Å². The second-order valence-corrected chi connectivity index (χ2v) is 3.84. The molecule has 0 aromatic heterocycles. The van der Waals surface area contributed by atoms with Crippen LogP contribution in [-0.2, 0) is 14.3 Å². The van der Waals surface area contributed by atoms with Crippen LogP contribution < -0.4 is 5.32 Å². The molecular weight excluding hydrogens is 234 g/mol. The first-order valence-electron chi connectivity index (χ1n) is 5.70. The fraction of sp³-hybridized carbons (Fsp3) is 0.385. The third-order valence-corrected chi connectivity index (χ3v) is 2.53. The van der Waals surface area contributed by atoms with E-state index in [0.29, 0.717) is 6.54 Å². The molecule has 0 amide bonds. The summed E-state index contributed by atoms with van der Waals surface area (Å²) in [6.45, 7) is 0.388. The van der Waals surface area contributed by atoms with E-state index in [2.05, 4.69) is 10.1 Å². The van der Waals surface area contributed by atoms with Crippen molar-refractivity contribution in [3.63, 3.8) is 0 Å². The first-order chi connectivity index (χ1) is 8.63. The standard InChI is InChI=1S/C13H17NO4/c1-18-13(17)7-8-14-11(9-12(15)16)10-5-3-2-4-6-10/h2-6,11,14H,7-9H2,1H3,(H,15,16)/t11-/m0/s1. The lowest BCUT2D eigenvalue weighted by Gasteiger charge is -2.16. The van der Waals surface area contributed by atoms with E-state index in [-0.39, 0.29) is 24.9 Å². The van der Waals surface area contributed by atoms with Gasteiger partial charge in [-0.15, -0.1) is 0 Å². The zero-order chi connectivity index (χ0) is 13.4. The molecular formula is C13H17NO4. The van der Waals surface area contributed by atoms with Gasteiger partial charge in [0.15, 0.2) is 0 Å². The molecule has 0 saturated carbocycles. The number of benzene rings is 1.